The van der Waals surface area contributed by atoms with Crippen molar-refractivity contribution in [3.05, 3.63) is 35.9 Å². The molecular weight excluding hydrogens is 214 g/mol. The molecule has 1 aliphatic rings. The van der Waals surface area contributed by atoms with E-state index in [9.17, 15) is 9.90 Å². The van der Waals surface area contributed by atoms with Gasteiger partial charge in [0, 0.05) is 6.04 Å². The standard InChI is InChI=1S/C14H19NO2/c1-2-10-15(12-8-9-12)13(14(16)17)11-6-4-3-5-7-11/h3-7,12-13H,2,8-10H2,1H3,(H,16,17). The highest BCUT2D eigenvalue weighted by Crippen LogP contribution is 2.34. The minimum Gasteiger partial charge on any atom is -0.480 e. The normalized spacial score (nSPS) is 17.1. The molecule has 17 heavy (non-hydrogen) atoms. The quantitative estimate of drug-likeness (QED) is 0.821. The van der Waals surface area contributed by atoms with Crippen molar-refractivity contribution in [2.45, 2.75) is 38.3 Å². The monoisotopic (exact) mass is 233 g/mol. The summed E-state index contributed by atoms with van der Waals surface area (Å²) in [6.45, 7) is 2.95. The molecule has 0 heterocycles. The van der Waals surface area contributed by atoms with Crippen LogP contribution in [0.15, 0.2) is 30.3 Å². The van der Waals surface area contributed by atoms with E-state index in [4.69, 9.17) is 0 Å². The van der Waals surface area contributed by atoms with Gasteiger partial charge in [-0.05, 0) is 31.4 Å². The molecule has 0 bridgehead atoms. The number of carboxylic acids is 1. The minimum absolute atomic E-state index is 0.469. The number of nitrogens with zero attached hydrogens (tertiary/aromatic N) is 1. The molecule has 1 atom stereocenters. The molecule has 2 rings (SSSR count). The Balaban J connectivity index is 2.24. The molecule has 1 aromatic rings. The second-order valence-electron chi connectivity index (χ2n) is 4.62. The van der Waals surface area contributed by atoms with Crippen LogP contribution in [0.25, 0.3) is 0 Å². The molecule has 1 aromatic carbocycles. The fourth-order valence-corrected chi connectivity index (χ4v) is 2.30. The lowest BCUT2D eigenvalue weighted by molar-refractivity contribution is -0.144. The van der Waals surface area contributed by atoms with Crippen molar-refractivity contribution in [2.75, 3.05) is 6.54 Å². The van der Waals surface area contributed by atoms with Gasteiger partial charge < -0.3 is 5.11 Å². The van der Waals surface area contributed by atoms with E-state index < -0.39 is 12.0 Å². The Morgan fingerprint density at radius 1 is 1.41 bits per heavy atom. The third-order valence-corrected chi connectivity index (χ3v) is 3.18. The van der Waals surface area contributed by atoms with Crippen molar-refractivity contribution in [1.82, 2.24) is 4.90 Å². The summed E-state index contributed by atoms with van der Waals surface area (Å²) in [6, 6.07) is 9.53. The van der Waals surface area contributed by atoms with Crippen LogP contribution in [0.4, 0.5) is 0 Å². The summed E-state index contributed by atoms with van der Waals surface area (Å²) in [5, 5.41) is 9.46. The third-order valence-electron chi connectivity index (χ3n) is 3.18. The molecule has 1 unspecified atom stereocenters. The van der Waals surface area contributed by atoms with Crippen LogP contribution < -0.4 is 0 Å². The van der Waals surface area contributed by atoms with Gasteiger partial charge in [0.15, 0.2) is 0 Å². The molecule has 1 N–H and O–H groups in total. The molecule has 0 aromatic heterocycles. The number of carboxylic acid groups (broad SMARTS) is 1. The van der Waals surface area contributed by atoms with Gasteiger partial charge in [0.05, 0.1) is 0 Å². The molecule has 0 amide bonds. The first-order valence-electron chi connectivity index (χ1n) is 6.27. The lowest BCUT2D eigenvalue weighted by Gasteiger charge is -2.28. The summed E-state index contributed by atoms with van der Waals surface area (Å²) in [5.74, 6) is -0.739. The summed E-state index contributed by atoms with van der Waals surface area (Å²) in [4.78, 5) is 13.6. The van der Waals surface area contributed by atoms with E-state index in [0.29, 0.717) is 6.04 Å². The van der Waals surface area contributed by atoms with Gasteiger partial charge in [-0.2, -0.15) is 0 Å². The summed E-state index contributed by atoms with van der Waals surface area (Å²) < 4.78 is 0. The van der Waals surface area contributed by atoms with Gasteiger partial charge in [-0.3, -0.25) is 9.69 Å². The lowest BCUT2D eigenvalue weighted by atomic mass is 10.0. The van der Waals surface area contributed by atoms with Gasteiger partial charge in [-0.1, -0.05) is 37.3 Å². The van der Waals surface area contributed by atoms with Crippen molar-refractivity contribution in [3.63, 3.8) is 0 Å². The Hall–Kier alpha value is -1.35. The number of benzene rings is 1. The third kappa shape index (κ3) is 2.86. The molecule has 3 nitrogen and oxygen atoms in total. The van der Waals surface area contributed by atoms with Gasteiger partial charge in [-0.15, -0.1) is 0 Å². The first-order chi connectivity index (χ1) is 8.24. The van der Waals surface area contributed by atoms with E-state index in [2.05, 4.69) is 11.8 Å². The number of hydrogen-bond acceptors (Lipinski definition) is 2. The van der Waals surface area contributed by atoms with Crippen molar-refractivity contribution in [2.24, 2.45) is 0 Å². The molecule has 0 aliphatic heterocycles. The number of rotatable bonds is 6. The fraction of sp³-hybridized carbons (Fsp3) is 0.500. The fourth-order valence-electron chi connectivity index (χ4n) is 2.30. The van der Waals surface area contributed by atoms with Crippen molar-refractivity contribution >= 4 is 5.97 Å². The second-order valence-corrected chi connectivity index (χ2v) is 4.62. The topological polar surface area (TPSA) is 40.5 Å². The largest absolute Gasteiger partial charge is 0.480 e. The summed E-state index contributed by atoms with van der Waals surface area (Å²) in [5.41, 5.74) is 0.889. The van der Waals surface area contributed by atoms with Gasteiger partial charge >= 0.3 is 5.97 Å². The maximum atomic E-state index is 11.5. The smallest absolute Gasteiger partial charge is 0.325 e. The molecule has 0 radical (unpaired) electrons. The van der Waals surface area contributed by atoms with Crippen molar-refractivity contribution < 1.29 is 9.90 Å². The maximum Gasteiger partial charge on any atom is 0.325 e. The van der Waals surface area contributed by atoms with Crippen LogP contribution in [0.2, 0.25) is 0 Å². The highest BCUT2D eigenvalue weighted by molar-refractivity contribution is 5.75. The zero-order valence-electron chi connectivity index (χ0n) is 10.2. The SMILES string of the molecule is CCCN(C1CC1)C(C(=O)O)c1ccccc1. The van der Waals surface area contributed by atoms with Gasteiger partial charge in [-0.25, -0.2) is 0 Å². The predicted molar refractivity (Wildman–Crippen MR) is 66.8 cm³/mol. The summed E-state index contributed by atoms with van der Waals surface area (Å²) >= 11 is 0. The molecule has 1 aliphatic carbocycles. The number of aliphatic carboxylic acids is 1. The average Bonchev–Trinajstić information content (AvgIpc) is 3.13. The molecule has 1 saturated carbocycles. The first-order valence-corrected chi connectivity index (χ1v) is 6.27. The van der Waals surface area contributed by atoms with Crippen molar-refractivity contribution in [3.8, 4) is 0 Å². The summed E-state index contributed by atoms with van der Waals surface area (Å²) in [7, 11) is 0. The van der Waals surface area contributed by atoms with Crippen LogP contribution >= 0.6 is 0 Å². The van der Waals surface area contributed by atoms with E-state index in [0.717, 1.165) is 31.4 Å². The lowest BCUT2D eigenvalue weighted by Crippen LogP contribution is -2.36. The Morgan fingerprint density at radius 2 is 2.06 bits per heavy atom. The number of carbonyl (C=O) groups is 1. The summed E-state index contributed by atoms with van der Waals surface area (Å²) in [6.07, 6.45) is 3.26. The molecule has 0 spiro atoms. The zero-order chi connectivity index (χ0) is 12.3. The maximum absolute atomic E-state index is 11.5. The van der Waals surface area contributed by atoms with Gasteiger partial charge in [0.2, 0.25) is 0 Å². The predicted octanol–water partition coefficient (Wildman–Crippen LogP) is 2.69. The Morgan fingerprint density at radius 3 is 2.53 bits per heavy atom. The van der Waals surface area contributed by atoms with E-state index >= 15 is 0 Å². The molecule has 1 fully saturated rings. The molecular formula is C14H19NO2. The highest BCUT2D eigenvalue weighted by Gasteiger charge is 2.37. The van der Waals surface area contributed by atoms with Crippen LogP contribution in [-0.4, -0.2) is 28.6 Å². The van der Waals surface area contributed by atoms with E-state index in [1.54, 1.807) is 0 Å². The zero-order valence-corrected chi connectivity index (χ0v) is 10.2. The van der Waals surface area contributed by atoms with Crippen LogP contribution in [0.5, 0.6) is 0 Å². The van der Waals surface area contributed by atoms with Crippen LogP contribution in [0, 0.1) is 0 Å². The molecule has 0 saturated heterocycles. The molecule has 92 valence electrons. The van der Waals surface area contributed by atoms with E-state index in [1.807, 2.05) is 30.3 Å². The van der Waals surface area contributed by atoms with Crippen LogP contribution in [0.1, 0.15) is 37.8 Å². The van der Waals surface area contributed by atoms with Gasteiger partial charge in [0.1, 0.15) is 6.04 Å². The van der Waals surface area contributed by atoms with E-state index in [-0.39, 0.29) is 0 Å². The average molecular weight is 233 g/mol. The first kappa shape index (κ1) is 12.1. The Bertz CT molecular complexity index is 373. The Kier molecular flexibility index (Phi) is 3.79. The van der Waals surface area contributed by atoms with Crippen LogP contribution in [-0.2, 0) is 4.79 Å². The van der Waals surface area contributed by atoms with Gasteiger partial charge in [0.25, 0.3) is 0 Å². The van der Waals surface area contributed by atoms with E-state index in [1.165, 1.54) is 0 Å². The number of hydrogen-bond donors (Lipinski definition) is 1. The minimum atomic E-state index is -0.739. The van der Waals surface area contributed by atoms with Crippen molar-refractivity contribution in [1.29, 1.82) is 0 Å². The molecule has 3 heteroatoms. The highest BCUT2D eigenvalue weighted by atomic mass is 16.4. The Labute approximate surface area is 102 Å². The van der Waals surface area contributed by atoms with Crippen LogP contribution in [0.3, 0.4) is 0 Å². The second kappa shape index (κ2) is 5.32.